The van der Waals surface area contributed by atoms with E-state index in [0.717, 1.165) is 24.8 Å². The van der Waals surface area contributed by atoms with Crippen molar-refractivity contribution in [2.75, 3.05) is 0 Å². The second kappa shape index (κ2) is 8.13. The average molecular weight is 294 g/mol. The van der Waals surface area contributed by atoms with Crippen LogP contribution in [0.1, 0.15) is 57.2 Å². The lowest BCUT2D eigenvalue weighted by Crippen LogP contribution is -2.31. The third-order valence-corrected chi connectivity index (χ3v) is 3.80. The van der Waals surface area contributed by atoms with Crippen LogP contribution in [0.4, 0.5) is 4.39 Å². The molecular formula is C17H27FN2O. The highest BCUT2D eigenvalue weighted by molar-refractivity contribution is 5.78. The predicted octanol–water partition coefficient (Wildman–Crippen LogP) is 3.46. The largest absolute Gasteiger partial charge is 0.349 e. The van der Waals surface area contributed by atoms with Gasteiger partial charge in [-0.2, -0.15) is 0 Å². The normalized spacial score (nSPS) is 15.3. The summed E-state index contributed by atoms with van der Waals surface area (Å²) in [4.78, 5) is 12.1. The second-order valence-corrected chi connectivity index (χ2v) is 6.05. The van der Waals surface area contributed by atoms with Gasteiger partial charge in [0.2, 0.25) is 5.91 Å². The number of nitrogens with two attached hydrogens (primary N) is 1. The fraction of sp³-hybridized carbons (Fsp3) is 0.588. The van der Waals surface area contributed by atoms with Gasteiger partial charge in [0.15, 0.2) is 0 Å². The number of amides is 1. The minimum atomic E-state index is -0.237. The highest BCUT2D eigenvalue weighted by Crippen LogP contribution is 2.17. The Balaban J connectivity index is 2.51. The summed E-state index contributed by atoms with van der Waals surface area (Å²) in [6.07, 6.45) is 2.69. The Morgan fingerprint density at radius 1 is 1.29 bits per heavy atom. The number of hydrogen-bond acceptors (Lipinski definition) is 2. The number of carbonyl (C=O) groups excluding carboxylic acids is 1. The number of rotatable bonds is 7. The summed E-state index contributed by atoms with van der Waals surface area (Å²) in [5, 5.41) is 2.94. The van der Waals surface area contributed by atoms with Crippen molar-refractivity contribution >= 4 is 5.91 Å². The zero-order valence-electron chi connectivity index (χ0n) is 13.4. The molecule has 3 N–H and O–H groups in total. The maximum atomic E-state index is 13.6. The molecule has 3 unspecified atom stereocenters. The average Bonchev–Trinajstić information content (AvgIpc) is 2.41. The van der Waals surface area contributed by atoms with Crippen molar-refractivity contribution in [2.45, 2.75) is 59.0 Å². The molecule has 0 fully saturated rings. The molecule has 1 aromatic rings. The van der Waals surface area contributed by atoms with Crippen molar-refractivity contribution in [3.63, 3.8) is 0 Å². The van der Waals surface area contributed by atoms with Crippen LogP contribution in [0, 0.1) is 18.7 Å². The van der Waals surface area contributed by atoms with E-state index in [4.69, 9.17) is 5.73 Å². The predicted molar refractivity (Wildman–Crippen MR) is 84.4 cm³/mol. The summed E-state index contributed by atoms with van der Waals surface area (Å²) < 4.78 is 13.6. The zero-order chi connectivity index (χ0) is 16.0. The second-order valence-electron chi connectivity index (χ2n) is 6.05. The van der Waals surface area contributed by atoms with Crippen LogP contribution < -0.4 is 11.1 Å². The van der Waals surface area contributed by atoms with E-state index >= 15 is 0 Å². The first kappa shape index (κ1) is 17.6. The summed E-state index contributed by atoms with van der Waals surface area (Å²) in [6.45, 7) is 7.48. The van der Waals surface area contributed by atoms with Gasteiger partial charge in [0, 0.05) is 12.0 Å². The maximum absolute atomic E-state index is 13.6. The molecule has 1 rings (SSSR count). The molecular weight excluding hydrogens is 267 g/mol. The minimum Gasteiger partial charge on any atom is -0.349 e. The highest BCUT2D eigenvalue weighted by atomic mass is 19.1. The lowest BCUT2D eigenvalue weighted by atomic mass is 10.00. The van der Waals surface area contributed by atoms with Gasteiger partial charge in [0.25, 0.3) is 0 Å². The van der Waals surface area contributed by atoms with Gasteiger partial charge in [-0.05, 0) is 50.8 Å². The Hall–Kier alpha value is -1.42. The third kappa shape index (κ3) is 5.84. The summed E-state index contributed by atoms with van der Waals surface area (Å²) in [5.41, 5.74) is 7.10. The molecule has 118 valence electrons. The quantitative estimate of drug-likeness (QED) is 0.809. The molecule has 0 spiro atoms. The summed E-state index contributed by atoms with van der Waals surface area (Å²) in [5.74, 6) is -0.284. The van der Waals surface area contributed by atoms with Gasteiger partial charge in [-0.3, -0.25) is 4.79 Å². The number of hydrogen-bond donors (Lipinski definition) is 2. The van der Waals surface area contributed by atoms with Crippen LogP contribution in [-0.4, -0.2) is 11.9 Å². The number of aryl methyl sites for hydroxylation is 1. The smallest absolute Gasteiger partial charge is 0.223 e. The monoisotopic (exact) mass is 294 g/mol. The van der Waals surface area contributed by atoms with E-state index < -0.39 is 0 Å². The van der Waals surface area contributed by atoms with Gasteiger partial charge in [-0.15, -0.1) is 0 Å². The van der Waals surface area contributed by atoms with Crippen LogP contribution in [0.5, 0.6) is 0 Å². The molecule has 0 aromatic heterocycles. The van der Waals surface area contributed by atoms with Crippen molar-refractivity contribution in [3.05, 3.63) is 35.1 Å². The summed E-state index contributed by atoms with van der Waals surface area (Å²) >= 11 is 0. The first-order valence-electron chi connectivity index (χ1n) is 7.63. The van der Waals surface area contributed by atoms with Crippen molar-refractivity contribution in [3.8, 4) is 0 Å². The van der Waals surface area contributed by atoms with Gasteiger partial charge in [-0.1, -0.05) is 25.5 Å². The number of nitrogens with one attached hydrogen (secondary N) is 1. The molecule has 0 aliphatic heterocycles. The van der Waals surface area contributed by atoms with Crippen molar-refractivity contribution in [2.24, 2.45) is 11.7 Å². The molecule has 1 aromatic carbocycles. The van der Waals surface area contributed by atoms with Crippen LogP contribution in [-0.2, 0) is 4.79 Å². The van der Waals surface area contributed by atoms with Gasteiger partial charge >= 0.3 is 0 Å². The molecule has 0 saturated heterocycles. The van der Waals surface area contributed by atoms with E-state index in [1.165, 1.54) is 6.07 Å². The van der Waals surface area contributed by atoms with E-state index in [2.05, 4.69) is 5.32 Å². The summed E-state index contributed by atoms with van der Waals surface area (Å²) in [6, 6.07) is 5.06. The molecule has 0 saturated carbocycles. The van der Waals surface area contributed by atoms with Gasteiger partial charge in [0.1, 0.15) is 5.82 Å². The standard InChI is InChI=1S/C17H27FN2O/c1-11-8-9-15(10-16(11)18)14(4)20-17(21)12(2)6-5-7-13(3)19/h8-10,12-14H,5-7,19H2,1-4H3,(H,20,21). The van der Waals surface area contributed by atoms with Crippen LogP contribution >= 0.6 is 0 Å². The minimum absolute atomic E-state index is 0.00755. The van der Waals surface area contributed by atoms with E-state index in [1.54, 1.807) is 13.0 Å². The fourth-order valence-electron chi connectivity index (χ4n) is 2.19. The maximum Gasteiger partial charge on any atom is 0.223 e. The van der Waals surface area contributed by atoms with E-state index in [0.29, 0.717) is 5.56 Å². The molecule has 0 heterocycles. The Bertz CT molecular complexity index is 474. The van der Waals surface area contributed by atoms with Gasteiger partial charge in [-0.25, -0.2) is 4.39 Å². The molecule has 0 aliphatic carbocycles. The Labute approximate surface area is 127 Å². The lowest BCUT2D eigenvalue weighted by molar-refractivity contribution is -0.125. The molecule has 21 heavy (non-hydrogen) atoms. The number of carbonyl (C=O) groups is 1. The van der Waals surface area contributed by atoms with Crippen molar-refractivity contribution < 1.29 is 9.18 Å². The molecule has 3 atom stereocenters. The Morgan fingerprint density at radius 2 is 1.95 bits per heavy atom. The van der Waals surface area contributed by atoms with Gasteiger partial charge < -0.3 is 11.1 Å². The molecule has 1 amide bonds. The number of halogens is 1. The van der Waals surface area contributed by atoms with Crippen molar-refractivity contribution in [1.82, 2.24) is 5.32 Å². The topological polar surface area (TPSA) is 55.1 Å². The molecule has 0 radical (unpaired) electrons. The van der Waals surface area contributed by atoms with Gasteiger partial charge in [0.05, 0.1) is 6.04 Å². The molecule has 0 bridgehead atoms. The SMILES string of the molecule is Cc1ccc(C(C)NC(=O)C(C)CCCC(C)N)cc1F. The van der Waals surface area contributed by atoms with E-state index in [9.17, 15) is 9.18 Å². The van der Waals surface area contributed by atoms with Crippen LogP contribution in [0.3, 0.4) is 0 Å². The van der Waals surface area contributed by atoms with E-state index in [1.807, 2.05) is 26.8 Å². The third-order valence-electron chi connectivity index (χ3n) is 3.80. The Morgan fingerprint density at radius 3 is 2.52 bits per heavy atom. The Kier molecular flexibility index (Phi) is 6.82. The first-order chi connectivity index (χ1) is 9.81. The fourth-order valence-corrected chi connectivity index (χ4v) is 2.19. The van der Waals surface area contributed by atoms with E-state index in [-0.39, 0.29) is 29.7 Å². The number of benzene rings is 1. The molecule has 4 heteroatoms. The van der Waals surface area contributed by atoms with Crippen LogP contribution in [0.2, 0.25) is 0 Å². The van der Waals surface area contributed by atoms with Crippen LogP contribution in [0.15, 0.2) is 18.2 Å². The zero-order valence-corrected chi connectivity index (χ0v) is 13.4. The lowest BCUT2D eigenvalue weighted by Gasteiger charge is -2.18. The summed E-state index contributed by atoms with van der Waals surface area (Å²) in [7, 11) is 0. The molecule has 3 nitrogen and oxygen atoms in total. The van der Waals surface area contributed by atoms with Crippen LogP contribution in [0.25, 0.3) is 0 Å². The highest BCUT2D eigenvalue weighted by Gasteiger charge is 2.16. The molecule has 0 aliphatic rings. The van der Waals surface area contributed by atoms with Crippen molar-refractivity contribution in [1.29, 1.82) is 0 Å². The first-order valence-corrected chi connectivity index (χ1v) is 7.63.